The summed E-state index contributed by atoms with van der Waals surface area (Å²) >= 11 is 0. The molecule has 0 heterocycles. The Labute approximate surface area is 273 Å². The maximum atomic E-state index is 11.2. The SMILES string of the molecule is COC(=O)/C=C/[C@H]1CCC(OCc2ccccc2-c2ccccc2)C1.O=CC1CCC(OCc2ccccc2-c2ccccc2)C1. The topological polar surface area (TPSA) is 61.8 Å². The van der Waals surface area contributed by atoms with E-state index in [0.29, 0.717) is 19.1 Å². The van der Waals surface area contributed by atoms with Crippen LogP contribution in [-0.4, -0.2) is 31.6 Å². The molecule has 2 saturated carbocycles. The van der Waals surface area contributed by atoms with Crippen LogP contribution in [0.15, 0.2) is 121 Å². The summed E-state index contributed by atoms with van der Waals surface area (Å²) in [6.45, 7) is 1.23. The molecule has 0 aliphatic heterocycles. The average Bonchev–Trinajstić information content (AvgIpc) is 3.79. The van der Waals surface area contributed by atoms with Gasteiger partial charge < -0.3 is 19.0 Å². The smallest absolute Gasteiger partial charge is 0.330 e. The number of ether oxygens (including phenoxy) is 3. The maximum Gasteiger partial charge on any atom is 0.330 e. The molecule has 0 radical (unpaired) electrons. The fourth-order valence-corrected chi connectivity index (χ4v) is 6.34. The zero-order valence-corrected chi connectivity index (χ0v) is 26.6. The van der Waals surface area contributed by atoms with Crippen LogP contribution >= 0.6 is 0 Å². The summed E-state index contributed by atoms with van der Waals surface area (Å²) in [5.74, 6) is 0.300. The summed E-state index contributed by atoms with van der Waals surface area (Å²) in [6.07, 6.45) is 10.9. The molecule has 0 spiro atoms. The minimum Gasteiger partial charge on any atom is -0.466 e. The van der Waals surface area contributed by atoms with Crippen LogP contribution in [0.5, 0.6) is 0 Å². The van der Waals surface area contributed by atoms with Gasteiger partial charge in [0.05, 0.1) is 32.5 Å². The predicted octanol–water partition coefficient (Wildman–Crippen LogP) is 9.01. The van der Waals surface area contributed by atoms with Crippen molar-refractivity contribution in [2.45, 2.75) is 63.9 Å². The quantitative estimate of drug-likeness (QED) is 0.0956. The van der Waals surface area contributed by atoms with E-state index in [2.05, 4.69) is 95.7 Å². The highest BCUT2D eigenvalue weighted by molar-refractivity contribution is 5.81. The Balaban J connectivity index is 0.000000184. The normalized spacial score (nSPS) is 20.6. The minimum absolute atomic E-state index is 0.194. The molecule has 0 aromatic heterocycles. The van der Waals surface area contributed by atoms with Crippen molar-refractivity contribution in [3.8, 4) is 22.3 Å². The summed E-state index contributed by atoms with van der Waals surface area (Å²) in [7, 11) is 1.40. The highest BCUT2D eigenvalue weighted by Crippen LogP contribution is 2.32. The molecule has 0 bridgehead atoms. The van der Waals surface area contributed by atoms with Gasteiger partial charge in [0, 0.05) is 12.0 Å². The second-order valence-corrected chi connectivity index (χ2v) is 12.1. The van der Waals surface area contributed by atoms with Gasteiger partial charge in [-0.05, 0) is 77.8 Å². The molecule has 3 unspecified atom stereocenters. The minimum atomic E-state index is -0.291. The van der Waals surface area contributed by atoms with E-state index in [-0.39, 0.29) is 24.1 Å². The van der Waals surface area contributed by atoms with E-state index in [9.17, 15) is 9.59 Å². The summed E-state index contributed by atoms with van der Waals surface area (Å²) < 4.78 is 16.8. The number of hydrogen-bond donors (Lipinski definition) is 0. The van der Waals surface area contributed by atoms with Gasteiger partial charge in [0.2, 0.25) is 0 Å². The lowest BCUT2D eigenvalue weighted by Gasteiger charge is -2.14. The number of carbonyl (C=O) groups is 2. The highest BCUT2D eigenvalue weighted by atomic mass is 16.5. The van der Waals surface area contributed by atoms with Crippen molar-refractivity contribution in [3.63, 3.8) is 0 Å². The Hall–Kier alpha value is -4.32. The van der Waals surface area contributed by atoms with Crippen LogP contribution in [0.1, 0.15) is 49.7 Å². The molecule has 4 aromatic rings. The van der Waals surface area contributed by atoms with Crippen LogP contribution < -0.4 is 0 Å². The molecule has 2 aliphatic rings. The van der Waals surface area contributed by atoms with Gasteiger partial charge in [-0.15, -0.1) is 0 Å². The van der Waals surface area contributed by atoms with Crippen molar-refractivity contribution in [1.82, 2.24) is 0 Å². The molecule has 238 valence electrons. The van der Waals surface area contributed by atoms with E-state index in [4.69, 9.17) is 9.47 Å². The number of esters is 1. The van der Waals surface area contributed by atoms with Crippen molar-refractivity contribution in [1.29, 1.82) is 0 Å². The molecule has 4 atom stereocenters. The monoisotopic (exact) mass is 616 g/mol. The van der Waals surface area contributed by atoms with Crippen LogP contribution in [0.4, 0.5) is 0 Å². The van der Waals surface area contributed by atoms with Crippen molar-refractivity contribution >= 4 is 12.3 Å². The molecular formula is C41H44O5. The molecule has 0 amide bonds. The van der Waals surface area contributed by atoms with Crippen molar-refractivity contribution in [2.75, 3.05) is 7.11 Å². The zero-order chi connectivity index (χ0) is 32.0. The first kappa shape index (κ1) is 33.1. The van der Waals surface area contributed by atoms with Crippen LogP contribution in [-0.2, 0) is 37.0 Å². The van der Waals surface area contributed by atoms with Gasteiger partial charge in [-0.25, -0.2) is 4.79 Å². The molecule has 2 aliphatic carbocycles. The van der Waals surface area contributed by atoms with E-state index >= 15 is 0 Å². The molecule has 6 rings (SSSR count). The molecular weight excluding hydrogens is 572 g/mol. The first-order valence-corrected chi connectivity index (χ1v) is 16.3. The number of hydrogen-bond acceptors (Lipinski definition) is 5. The lowest BCUT2D eigenvalue weighted by atomic mass is 10.0. The Morgan fingerprint density at radius 3 is 1.57 bits per heavy atom. The van der Waals surface area contributed by atoms with E-state index in [1.165, 1.54) is 46.6 Å². The summed E-state index contributed by atoms with van der Waals surface area (Å²) in [4.78, 5) is 22.0. The van der Waals surface area contributed by atoms with E-state index in [1.807, 2.05) is 24.3 Å². The number of methoxy groups -OCH3 is 1. The lowest BCUT2D eigenvalue weighted by Crippen LogP contribution is -2.09. The molecule has 46 heavy (non-hydrogen) atoms. The molecule has 2 fully saturated rings. The van der Waals surface area contributed by atoms with Crippen molar-refractivity contribution < 1.29 is 23.8 Å². The van der Waals surface area contributed by atoms with Crippen LogP contribution in [0.25, 0.3) is 22.3 Å². The summed E-state index contributed by atoms with van der Waals surface area (Å²) in [5.41, 5.74) is 7.30. The molecule has 0 saturated heterocycles. The molecule has 5 heteroatoms. The summed E-state index contributed by atoms with van der Waals surface area (Å²) in [6, 6.07) is 37.5. The largest absolute Gasteiger partial charge is 0.466 e. The standard InChI is InChI=1S/C22H24O3.C19H20O2/c1-24-22(23)14-12-17-11-13-20(15-17)25-16-19-9-5-6-10-21(19)18-7-3-2-4-8-18;20-13-15-10-11-18(12-15)21-14-17-8-4-5-9-19(17)16-6-2-1-3-7-16/h2-10,12,14,17,20H,11,13,15-16H2,1H3;1-9,13,15,18H,10-12,14H2/b14-12+;/t17-,20?;/m1./s1. The van der Waals surface area contributed by atoms with Gasteiger partial charge in [-0.1, -0.05) is 115 Å². The Kier molecular flexibility index (Phi) is 12.5. The molecule has 5 nitrogen and oxygen atoms in total. The van der Waals surface area contributed by atoms with Crippen LogP contribution in [0.2, 0.25) is 0 Å². The van der Waals surface area contributed by atoms with Gasteiger partial charge in [0.15, 0.2) is 0 Å². The predicted molar refractivity (Wildman–Crippen MR) is 183 cm³/mol. The maximum absolute atomic E-state index is 11.2. The summed E-state index contributed by atoms with van der Waals surface area (Å²) in [5, 5.41) is 0. The Morgan fingerprint density at radius 2 is 1.09 bits per heavy atom. The Morgan fingerprint density at radius 1 is 0.630 bits per heavy atom. The third-order valence-corrected chi connectivity index (χ3v) is 8.90. The van der Waals surface area contributed by atoms with Gasteiger partial charge in [-0.2, -0.15) is 0 Å². The van der Waals surface area contributed by atoms with Crippen LogP contribution in [0, 0.1) is 11.8 Å². The second kappa shape index (κ2) is 17.4. The number of benzene rings is 4. The number of rotatable bonds is 11. The van der Waals surface area contributed by atoms with Gasteiger partial charge >= 0.3 is 5.97 Å². The fourth-order valence-electron chi connectivity index (χ4n) is 6.34. The Bertz CT molecular complexity index is 1550. The highest BCUT2D eigenvalue weighted by Gasteiger charge is 2.25. The van der Waals surface area contributed by atoms with Crippen molar-refractivity contribution in [2.24, 2.45) is 11.8 Å². The van der Waals surface area contributed by atoms with E-state index in [0.717, 1.165) is 44.8 Å². The first-order valence-electron chi connectivity index (χ1n) is 16.3. The van der Waals surface area contributed by atoms with E-state index in [1.54, 1.807) is 0 Å². The average molecular weight is 617 g/mol. The van der Waals surface area contributed by atoms with Gasteiger partial charge in [0.25, 0.3) is 0 Å². The third-order valence-electron chi connectivity index (χ3n) is 8.90. The number of carbonyl (C=O) groups excluding carboxylic acids is 2. The molecule has 0 N–H and O–H groups in total. The zero-order valence-electron chi connectivity index (χ0n) is 26.6. The number of allylic oxidation sites excluding steroid dienone is 1. The lowest BCUT2D eigenvalue weighted by molar-refractivity contribution is -0.134. The first-order chi connectivity index (χ1) is 22.6. The van der Waals surface area contributed by atoms with Crippen molar-refractivity contribution in [3.05, 3.63) is 132 Å². The fraction of sp³-hybridized carbons (Fsp3) is 0.317. The third kappa shape index (κ3) is 9.59. The van der Waals surface area contributed by atoms with Gasteiger partial charge in [0.1, 0.15) is 6.29 Å². The number of aldehydes is 1. The molecule has 4 aromatic carbocycles. The second-order valence-electron chi connectivity index (χ2n) is 12.1. The van der Waals surface area contributed by atoms with E-state index < -0.39 is 0 Å². The van der Waals surface area contributed by atoms with Crippen LogP contribution in [0.3, 0.4) is 0 Å². The van der Waals surface area contributed by atoms with Gasteiger partial charge in [-0.3, -0.25) is 0 Å².